The van der Waals surface area contributed by atoms with E-state index in [2.05, 4.69) is 30.2 Å². The summed E-state index contributed by atoms with van der Waals surface area (Å²) in [4.78, 5) is 33.7. The number of nitrogens with one attached hydrogen (secondary N) is 1. The summed E-state index contributed by atoms with van der Waals surface area (Å²) < 4.78 is 5.75. The second-order valence-electron chi connectivity index (χ2n) is 7.73. The number of anilines is 2. The summed E-state index contributed by atoms with van der Waals surface area (Å²) in [5, 5.41) is 3.45. The molecule has 29 heavy (non-hydrogen) atoms. The summed E-state index contributed by atoms with van der Waals surface area (Å²) in [5.74, 6) is 2.00. The molecule has 1 aliphatic rings. The lowest BCUT2D eigenvalue weighted by atomic mass is 10.2. The van der Waals surface area contributed by atoms with E-state index in [4.69, 9.17) is 4.74 Å². The van der Waals surface area contributed by atoms with E-state index >= 15 is 0 Å². The average molecular weight is 399 g/mol. The highest BCUT2D eigenvalue weighted by Gasteiger charge is 2.28. The van der Waals surface area contributed by atoms with Crippen LogP contribution in [0.4, 0.5) is 11.6 Å². The average Bonchev–Trinajstić information content (AvgIpc) is 3.12. The minimum absolute atomic E-state index is 0.0200. The van der Waals surface area contributed by atoms with Gasteiger partial charge in [0.15, 0.2) is 5.82 Å². The number of rotatable bonds is 6. The maximum atomic E-state index is 12.3. The number of carbonyl (C=O) groups excluding carboxylic acids is 1. The third-order valence-corrected chi connectivity index (χ3v) is 4.80. The Morgan fingerprint density at radius 3 is 2.66 bits per heavy atom. The van der Waals surface area contributed by atoms with Crippen molar-refractivity contribution in [3.05, 3.63) is 29.5 Å². The Labute approximate surface area is 171 Å². The molecule has 1 aliphatic heterocycles. The summed E-state index contributed by atoms with van der Waals surface area (Å²) in [7, 11) is 3.40. The standard InChI is InChI=1S/C20H29N7O2/c1-12(2)29-19-16(21-8-9-22-19)24-15-7-10-27(11-15)18-13(3)14(4)23-17(25-18)20(28)26(5)6/h8-9,12,15H,7,10-11H2,1-6H3,(H,21,24)/t15-/m1/s1. The van der Waals surface area contributed by atoms with Crippen molar-refractivity contribution in [2.75, 3.05) is 37.4 Å². The van der Waals surface area contributed by atoms with Crippen LogP contribution in [0.15, 0.2) is 12.4 Å². The van der Waals surface area contributed by atoms with Crippen LogP contribution in [0.1, 0.15) is 42.1 Å². The maximum absolute atomic E-state index is 12.3. The molecule has 0 saturated carbocycles. The molecule has 9 heteroatoms. The fourth-order valence-corrected chi connectivity index (χ4v) is 3.21. The minimum Gasteiger partial charge on any atom is -0.472 e. The molecule has 0 spiro atoms. The van der Waals surface area contributed by atoms with Gasteiger partial charge in [-0.3, -0.25) is 4.79 Å². The van der Waals surface area contributed by atoms with E-state index in [1.54, 1.807) is 26.5 Å². The Balaban J connectivity index is 1.77. The van der Waals surface area contributed by atoms with Crippen molar-refractivity contribution in [2.45, 2.75) is 46.3 Å². The highest BCUT2D eigenvalue weighted by molar-refractivity contribution is 5.90. The summed E-state index contributed by atoms with van der Waals surface area (Å²) >= 11 is 0. The number of aromatic nitrogens is 4. The first-order chi connectivity index (χ1) is 13.8. The van der Waals surface area contributed by atoms with Gasteiger partial charge in [0.1, 0.15) is 5.82 Å². The Morgan fingerprint density at radius 1 is 1.24 bits per heavy atom. The van der Waals surface area contributed by atoms with Crippen LogP contribution in [-0.4, -0.2) is 70.1 Å². The number of carbonyl (C=O) groups is 1. The van der Waals surface area contributed by atoms with E-state index in [0.717, 1.165) is 36.6 Å². The first-order valence-electron chi connectivity index (χ1n) is 9.82. The quantitative estimate of drug-likeness (QED) is 0.789. The third kappa shape index (κ3) is 4.72. The summed E-state index contributed by atoms with van der Waals surface area (Å²) in [5.41, 5.74) is 1.81. The molecule has 156 valence electrons. The van der Waals surface area contributed by atoms with E-state index in [0.29, 0.717) is 11.7 Å². The van der Waals surface area contributed by atoms with Gasteiger partial charge in [-0.05, 0) is 34.1 Å². The summed E-state index contributed by atoms with van der Waals surface area (Å²) in [6.45, 7) is 9.39. The van der Waals surface area contributed by atoms with Crippen LogP contribution < -0.4 is 15.0 Å². The molecule has 1 saturated heterocycles. The van der Waals surface area contributed by atoms with Gasteiger partial charge in [-0.2, -0.15) is 0 Å². The lowest BCUT2D eigenvalue weighted by molar-refractivity contribution is 0.0815. The summed E-state index contributed by atoms with van der Waals surface area (Å²) in [6.07, 6.45) is 4.21. The second kappa shape index (κ2) is 8.59. The van der Waals surface area contributed by atoms with E-state index in [-0.39, 0.29) is 23.9 Å². The Hall–Kier alpha value is -2.97. The molecule has 0 unspecified atom stereocenters. The summed E-state index contributed by atoms with van der Waals surface area (Å²) in [6, 6.07) is 0.170. The predicted molar refractivity (Wildman–Crippen MR) is 112 cm³/mol. The van der Waals surface area contributed by atoms with Crippen molar-refractivity contribution in [3.8, 4) is 5.88 Å². The van der Waals surface area contributed by atoms with Crippen LogP contribution in [0.2, 0.25) is 0 Å². The smallest absolute Gasteiger partial charge is 0.291 e. The topological polar surface area (TPSA) is 96.4 Å². The number of amides is 1. The SMILES string of the molecule is Cc1nc(C(=O)N(C)C)nc(N2CC[C@@H](Nc3nccnc3OC(C)C)C2)c1C. The van der Waals surface area contributed by atoms with Crippen molar-refractivity contribution >= 4 is 17.5 Å². The van der Waals surface area contributed by atoms with Crippen molar-refractivity contribution in [1.29, 1.82) is 0 Å². The van der Waals surface area contributed by atoms with Crippen LogP contribution in [0.3, 0.4) is 0 Å². The zero-order valence-electron chi connectivity index (χ0n) is 17.9. The molecule has 1 amide bonds. The Bertz CT molecular complexity index is 885. The molecular weight excluding hydrogens is 370 g/mol. The minimum atomic E-state index is -0.196. The van der Waals surface area contributed by atoms with Crippen LogP contribution in [-0.2, 0) is 0 Å². The van der Waals surface area contributed by atoms with E-state index in [1.165, 1.54) is 4.90 Å². The van der Waals surface area contributed by atoms with Crippen LogP contribution in [0, 0.1) is 13.8 Å². The van der Waals surface area contributed by atoms with Gasteiger partial charge < -0.3 is 19.9 Å². The molecule has 0 radical (unpaired) electrons. The molecule has 1 fully saturated rings. The van der Waals surface area contributed by atoms with Crippen molar-refractivity contribution in [3.63, 3.8) is 0 Å². The molecular formula is C20H29N7O2. The van der Waals surface area contributed by atoms with Gasteiger partial charge in [0.25, 0.3) is 11.8 Å². The van der Waals surface area contributed by atoms with E-state index < -0.39 is 0 Å². The monoisotopic (exact) mass is 399 g/mol. The number of nitrogens with zero attached hydrogens (tertiary/aromatic N) is 6. The zero-order valence-corrected chi connectivity index (χ0v) is 17.9. The highest BCUT2D eigenvalue weighted by Crippen LogP contribution is 2.27. The first-order valence-corrected chi connectivity index (χ1v) is 9.82. The highest BCUT2D eigenvalue weighted by atomic mass is 16.5. The largest absolute Gasteiger partial charge is 0.472 e. The fraction of sp³-hybridized carbons (Fsp3) is 0.550. The number of hydrogen-bond acceptors (Lipinski definition) is 8. The fourth-order valence-electron chi connectivity index (χ4n) is 3.21. The molecule has 0 aliphatic carbocycles. The normalized spacial score (nSPS) is 16.2. The molecule has 3 heterocycles. The van der Waals surface area contributed by atoms with Gasteiger partial charge in [0.05, 0.1) is 6.10 Å². The third-order valence-electron chi connectivity index (χ3n) is 4.80. The molecule has 1 atom stereocenters. The van der Waals surface area contributed by atoms with E-state index in [9.17, 15) is 4.79 Å². The molecule has 3 rings (SSSR count). The maximum Gasteiger partial charge on any atom is 0.291 e. The van der Waals surface area contributed by atoms with Gasteiger partial charge in [-0.1, -0.05) is 0 Å². The van der Waals surface area contributed by atoms with Crippen molar-refractivity contribution in [1.82, 2.24) is 24.8 Å². The van der Waals surface area contributed by atoms with Gasteiger partial charge in [-0.25, -0.2) is 19.9 Å². The molecule has 1 N–H and O–H groups in total. The van der Waals surface area contributed by atoms with Gasteiger partial charge >= 0.3 is 0 Å². The van der Waals surface area contributed by atoms with Gasteiger partial charge in [0, 0.05) is 56.9 Å². The van der Waals surface area contributed by atoms with Crippen LogP contribution in [0.25, 0.3) is 0 Å². The van der Waals surface area contributed by atoms with Gasteiger partial charge in [0.2, 0.25) is 5.82 Å². The molecule has 0 aromatic carbocycles. The van der Waals surface area contributed by atoms with Crippen molar-refractivity contribution in [2.24, 2.45) is 0 Å². The number of hydrogen-bond donors (Lipinski definition) is 1. The van der Waals surface area contributed by atoms with Crippen LogP contribution in [0.5, 0.6) is 5.88 Å². The first kappa shape index (κ1) is 20.8. The predicted octanol–water partition coefficient (Wildman–Crippen LogP) is 2.06. The second-order valence-corrected chi connectivity index (χ2v) is 7.73. The Morgan fingerprint density at radius 2 is 1.97 bits per heavy atom. The lowest BCUT2D eigenvalue weighted by Crippen LogP contribution is -2.30. The van der Waals surface area contributed by atoms with Gasteiger partial charge in [-0.15, -0.1) is 0 Å². The van der Waals surface area contributed by atoms with Crippen molar-refractivity contribution < 1.29 is 9.53 Å². The lowest BCUT2D eigenvalue weighted by Gasteiger charge is -2.22. The molecule has 2 aromatic rings. The number of aryl methyl sites for hydroxylation is 1. The molecule has 9 nitrogen and oxygen atoms in total. The van der Waals surface area contributed by atoms with E-state index in [1.807, 2.05) is 27.7 Å². The van der Waals surface area contributed by atoms with Crippen LogP contribution >= 0.6 is 0 Å². The molecule has 0 bridgehead atoms. The number of ether oxygens (including phenoxy) is 1. The Kier molecular flexibility index (Phi) is 6.14. The zero-order chi connectivity index (χ0) is 21.1. The molecule has 2 aromatic heterocycles.